The standard InChI is InChI=1S/C21H19ClN2O4S/c1-3-28-17-7-5-4-6-14(17)10-18-20(26)24(21(27)29-18)12-19(25)23-15-9-8-13(2)16(22)11-15/h4-11H,3,12H2,1-2H3,(H,23,25)/b18-10+. The average Bonchev–Trinajstić information content (AvgIpc) is 2.94. The molecule has 0 atom stereocenters. The van der Waals surface area contributed by atoms with Gasteiger partial charge in [0.25, 0.3) is 11.1 Å². The molecule has 3 rings (SSSR count). The van der Waals surface area contributed by atoms with Crippen molar-refractivity contribution in [1.82, 2.24) is 4.90 Å². The molecule has 29 heavy (non-hydrogen) atoms. The molecule has 2 aromatic rings. The zero-order valence-corrected chi connectivity index (χ0v) is 17.5. The van der Waals surface area contributed by atoms with Crippen molar-refractivity contribution in [3.8, 4) is 5.75 Å². The number of carbonyl (C=O) groups is 3. The van der Waals surface area contributed by atoms with Crippen molar-refractivity contribution in [2.75, 3.05) is 18.5 Å². The lowest BCUT2D eigenvalue weighted by molar-refractivity contribution is -0.127. The molecule has 8 heteroatoms. The van der Waals surface area contributed by atoms with Crippen LogP contribution >= 0.6 is 23.4 Å². The normalized spacial score (nSPS) is 15.1. The smallest absolute Gasteiger partial charge is 0.294 e. The number of hydrogen-bond donors (Lipinski definition) is 1. The van der Waals surface area contributed by atoms with Crippen molar-refractivity contribution in [2.45, 2.75) is 13.8 Å². The predicted octanol–water partition coefficient (Wildman–Crippen LogP) is 4.72. The fourth-order valence-corrected chi connectivity index (χ4v) is 3.69. The van der Waals surface area contributed by atoms with Crippen molar-refractivity contribution in [3.05, 3.63) is 63.5 Å². The Hall–Kier alpha value is -2.77. The maximum Gasteiger partial charge on any atom is 0.294 e. The molecule has 1 saturated heterocycles. The Balaban J connectivity index is 1.72. The Morgan fingerprint density at radius 2 is 2.00 bits per heavy atom. The van der Waals surface area contributed by atoms with Crippen molar-refractivity contribution in [3.63, 3.8) is 0 Å². The minimum Gasteiger partial charge on any atom is -0.493 e. The molecule has 1 aliphatic heterocycles. The number of ether oxygens (including phenoxy) is 1. The number of halogens is 1. The average molecular weight is 431 g/mol. The Morgan fingerprint density at radius 3 is 2.72 bits per heavy atom. The fourth-order valence-electron chi connectivity index (χ4n) is 2.68. The lowest BCUT2D eigenvalue weighted by Gasteiger charge is -2.13. The summed E-state index contributed by atoms with van der Waals surface area (Å²) >= 11 is 6.85. The first-order valence-electron chi connectivity index (χ1n) is 8.92. The molecule has 0 aromatic heterocycles. The maximum atomic E-state index is 12.7. The predicted molar refractivity (Wildman–Crippen MR) is 115 cm³/mol. The van der Waals surface area contributed by atoms with E-state index in [1.54, 1.807) is 36.4 Å². The van der Waals surface area contributed by atoms with Crippen molar-refractivity contribution < 1.29 is 19.1 Å². The van der Waals surface area contributed by atoms with Crippen LogP contribution in [0.2, 0.25) is 5.02 Å². The van der Waals surface area contributed by atoms with Crippen LogP contribution in [-0.4, -0.2) is 35.1 Å². The number of hydrogen-bond acceptors (Lipinski definition) is 5. The van der Waals surface area contributed by atoms with Gasteiger partial charge < -0.3 is 10.1 Å². The van der Waals surface area contributed by atoms with E-state index >= 15 is 0 Å². The minimum absolute atomic E-state index is 0.244. The van der Waals surface area contributed by atoms with E-state index in [1.165, 1.54) is 0 Å². The SMILES string of the molecule is CCOc1ccccc1/C=C1/SC(=O)N(CC(=O)Nc2ccc(C)c(Cl)c2)C1=O. The molecule has 0 aliphatic carbocycles. The van der Waals surface area contributed by atoms with Gasteiger partial charge in [0.15, 0.2) is 0 Å². The zero-order valence-electron chi connectivity index (χ0n) is 15.9. The summed E-state index contributed by atoms with van der Waals surface area (Å²) in [5.41, 5.74) is 2.07. The van der Waals surface area contributed by atoms with Crippen molar-refractivity contribution >= 4 is 52.2 Å². The molecular formula is C21H19ClN2O4S. The van der Waals surface area contributed by atoms with Gasteiger partial charge in [0.05, 0.1) is 11.5 Å². The summed E-state index contributed by atoms with van der Waals surface area (Å²) in [5.74, 6) is -0.373. The first-order chi connectivity index (χ1) is 13.9. The second-order valence-corrected chi connectivity index (χ2v) is 7.65. The number of anilines is 1. The van der Waals surface area contributed by atoms with Crippen LogP contribution in [0.1, 0.15) is 18.1 Å². The molecule has 1 fully saturated rings. The van der Waals surface area contributed by atoms with E-state index in [1.807, 2.05) is 26.0 Å². The van der Waals surface area contributed by atoms with Crippen molar-refractivity contribution in [2.24, 2.45) is 0 Å². The van der Waals surface area contributed by atoms with Crippen LogP contribution in [0, 0.1) is 6.92 Å². The van der Waals surface area contributed by atoms with E-state index in [0.29, 0.717) is 28.6 Å². The monoisotopic (exact) mass is 430 g/mol. The van der Waals surface area contributed by atoms with Crippen LogP contribution in [0.3, 0.4) is 0 Å². The summed E-state index contributed by atoms with van der Waals surface area (Å²) < 4.78 is 5.55. The van der Waals surface area contributed by atoms with Gasteiger partial charge in [-0.3, -0.25) is 19.3 Å². The Bertz CT molecular complexity index is 1010. The summed E-state index contributed by atoms with van der Waals surface area (Å²) in [6.45, 7) is 3.82. The van der Waals surface area contributed by atoms with Crippen LogP contribution in [0.25, 0.3) is 6.08 Å². The number of aryl methyl sites for hydroxylation is 1. The molecule has 1 aliphatic rings. The largest absolute Gasteiger partial charge is 0.493 e. The minimum atomic E-state index is -0.511. The summed E-state index contributed by atoms with van der Waals surface area (Å²) in [6, 6.07) is 12.3. The number of carbonyl (C=O) groups excluding carboxylic acids is 3. The second-order valence-electron chi connectivity index (χ2n) is 6.25. The van der Waals surface area contributed by atoms with E-state index in [9.17, 15) is 14.4 Å². The van der Waals surface area contributed by atoms with E-state index in [2.05, 4.69) is 5.32 Å². The topological polar surface area (TPSA) is 75.7 Å². The fraction of sp³-hybridized carbons (Fsp3) is 0.190. The number of nitrogens with zero attached hydrogens (tertiary/aromatic N) is 1. The quantitative estimate of drug-likeness (QED) is 0.671. The molecule has 0 radical (unpaired) electrons. The van der Waals surface area contributed by atoms with Crippen LogP contribution < -0.4 is 10.1 Å². The lowest BCUT2D eigenvalue weighted by Crippen LogP contribution is -2.36. The highest BCUT2D eigenvalue weighted by atomic mass is 35.5. The van der Waals surface area contributed by atoms with E-state index in [4.69, 9.17) is 16.3 Å². The van der Waals surface area contributed by atoms with Gasteiger partial charge in [0, 0.05) is 16.3 Å². The number of amides is 3. The van der Waals surface area contributed by atoms with E-state index in [-0.39, 0.29) is 11.4 Å². The lowest BCUT2D eigenvalue weighted by atomic mass is 10.2. The number of imide groups is 1. The third-order valence-corrected chi connectivity index (χ3v) is 5.45. The highest BCUT2D eigenvalue weighted by Gasteiger charge is 2.36. The number of thioether (sulfide) groups is 1. The van der Waals surface area contributed by atoms with Gasteiger partial charge in [-0.2, -0.15) is 0 Å². The first-order valence-corrected chi connectivity index (χ1v) is 10.1. The number of rotatable bonds is 6. The molecule has 0 spiro atoms. The van der Waals surface area contributed by atoms with E-state index < -0.39 is 17.1 Å². The third kappa shape index (κ3) is 4.99. The molecule has 0 bridgehead atoms. The van der Waals surface area contributed by atoms with Crippen LogP contribution in [0.15, 0.2) is 47.4 Å². The second kappa shape index (κ2) is 9.15. The van der Waals surface area contributed by atoms with Gasteiger partial charge in [0.1, 0.15) is 12.3 Å². The number of nitrogens with one attached hydrogen (secondary N) is 1. The van der Waals surface area contributed by atoms with Gasteiger partial charge in [-0.05, 0) is 55.4 Å². The van der Waals surface area contributed by atoms with Gasteiger partial charge in [0.2, 0.25) is 5.91 Å². The van der Waals surface area contributed by atoms with Gasteiger partial charge in [-0.1, -0.05) is 35.9 Å². The Kier molecular flexibility index (Phi) is 6.61. The molecule has 1 N–H and O–H groups in total. The molecule has 0 saturated carbocycles. The highest BCUT2D eigenvalue weighted by molar-refractivity contribution is 8.18. The molecule has 3 amide bonds. The number of para-hydroxylation sites is 1. The molecule has 2 aromatic carbocycles. The molecular weight excluding hydrogens is 412 g/mol. The summed E-state index contributed by atoms with van der Waals surface area (Å²) in [7, 11) is 0. The molecule has 1 heterocycles. The van der Waals surface area contributed by atoms with Gasteiger partial charge in [-0.25, -0.2) is 0 Å². The summed E-state index contributed by atoms with van der Waals surface area (Å²) in [4.78, 5) is 38.4. The summed E-state index contributed by atoms with van der Waals surface area (Å²) in [6.07, 6.45) is 1.60. The zero-order chi connectivity index (χ0) is 21.0. The summed E-state index contributed by atoms with van der Waals surface area (Å²) in [5, 5.41) is 2.68. The molecule has 6 nitrogen and oxygen atoms in total. The van der Waals surface area contributed by atoms with Crippen LogP contribution in [0.4, 0.5) is 10.5 Å². The highest BCUT2D eigenvalue weighted by Crippen LogP contribution is 2.34. The molecule has 0 unspecified atom stereocenters. The maximum absolute atomic E-state index is 12.7. The van der Waals surface area contributed by atoms with E-state index in [0.717, 1.165) is 22.2 Å². The Morgan fingerprint density at radius 1 is 1.24 bits per heavy atom. The third-order valence-electron chi connectivity index (χ3n) is 4.14. The van der Waals surface area contributed by atoms with Gasteiger partial charge in [-0.15, -0.1) is 0 Å². The first kappa shape index (κ1) is 21.0. The number of benzene rings is 2. The molecule has 150 valence electrons. The van der Waals surface area contributed by atoms with Crippen molar-refractivity contribution in [1.29, 1.82) is 0 Å². The van der Waals surface area contributed by atoms with Crippen LogP contribution in [-0.2, 0) is 9.59 Å². The van der Waals surface area contributed by atoms with Crippen LogP contribution in [0.5, 0.6) is 5.75 Å². The Labute approximate surface area is 177 Å². The van der Waals surface area contributed by atoms with Gasteiger partial charge >= 0.3 is 0 Å².